The number of hydrogen-bond acceptors (Lipinski definition) is 4. The molecule has 0 aromatic carbocycles. The van der Waals surface area contributed by atoms with Gasteiger partial charge in [0.25, 0.3) is 5.69 Å². The molecule has 1 aromatic rings. The molecule has 0 aliphatic heterocycles. The predicted octanol–water partition coefficient (Wildman–Crippen LogP) is 3.44. The van der Waals surface area contributed by atoms with Crippen LogP contribution < -0.4 is 5.32 Å². The van der Waals surface area contributed by atoms with E-state index in [1.54, 1.807) is 6.92 Å². The summed E-state index contributed by atoms with van der Waals surface area (Å²) < 4.78 is 0.646. The number of nitrogens with zero attached hydrogens (tertiary/aromatic N) is 2. The average Bonchev–Trinajstić information content (AvgIpc) is 2.29. The van der Waals surface area contributed by atoms with E-state index in [1.165, 1.54) is 6.20 Å². The lowest BCUT2D eigenvalue weighted by molar-refractivity contribution is -0.385. The quantitative estimate of drug-likeness (QED) is 0.391. The minimum Gasteiger partial charge on any atom is -0.369 e. The summed E-state index contributed by atoms with van der Waals surface area (Å²) in [4.78, 5) is 14.3. The van der Waals surface area contributed by atoms with Crippen molar-refractivity contribution in [1.82, 2.24) is 4.98 Å². The van der Waals surface area contributed by atoms with Crippen molar-refractivity contribution in [1.29, 1.82) is 0 Å². The van der Waals surface area contributed by atoms with Crippen molar-refractivity contribution in [3.63, 3.8) is 0 Å². The first-order valence-corrected chi connectivity index (χ1v) is 6.01. The third kappa shape index (κ3) is 3.52. The van der Waals surface area contributed by atoms with Crippen molar-refractivity contribution in [2.75, 3.05) is 11.9 Å². The van der Waals surface area contributed by atoms with Crippen LogP contribution in [0, 0.1) is 17.0 Å². The summed E-state index contributed by atoms with van der Waals surface area (Å²) in [6.07, 6.45) is 6.18. The zero-order valence-electron chi connectivity index (χ0n) is 9.74. The molecule has 0 aliphatic carbocycles. The molecule has 0 amide bonds. The van der Waals surface area contributed by atoms with E-state index < -0.39 is 4.92 Å². The lowest BCUT2D eigenvalue weighted by atomic mass is 10.2. The first kappa shape index (κ1) is 13.6. The van der Waals surface area contributed by atoms with Crippen molar-refractivity contribution >= 4 is 27.4 Å². The molecule has 6 heteroatoms. The summed E-state index contributed by atoms with van der Waals surface area (Å²) in [5.74, 6) is 0.637. The second kappa shape index (κ2) is 6.34. The molecule has 0 bridgehead atoms. The highest BCUT2D eigenvalue weighted by Gasteiger charge is 2.16. The maximum atomic E-state index is 10.7. The first-order chi connectivity index (χ1) is 8.07. The van der Waals surface area contributed by atoms with Crippen molar-refractivity contribution in [2.45, 2.75) is 20.3 Å². The number of halogens is 1. The first-order valence-electron chi connectivity index (χ1n) is 5.22. The number of allylic oxidation sites excluding steroid dienone is 1. The van der Waals surface area contributed by atoms with Crippen LogP contribution >= 0.6 is 15.9 Å². The molecule has 1 aromatic heterocycles. The van der Waals surface area contributed by atoms with Crippen LogP contribution in [0.3, 0.4) is 0 Å². The highest BCUT2D eigenvalue weighted by atomic mass is 79.9. The summed E-state index contributed by atoms with van der Waals surface area (Å²) in [6.45, 7) is 4.40. The van der Waals surface area contributed by atoms with Gasteiger partial charge in [-0.1, -0.05) is 12.2 Å². The van der Waals surface area contributed by atoms with E-state index in [4.69, 9.17) is 0 Å². The van der Waals surface area contributed by atoms with Crippen molar-refractivity contribution in [3.8, 4) is 0 Å². The van der Waals surface area contributed by atoms with E-state index in [-0.39, 0.29) is 5.69 Å². The highest BCUT2D eigenvalue weighted by molar-refractivity contribution is 9.10. The minimum atomic E-state index is -0.434. The fourth-order valence-electron chi connectivity index (χ4n) is 1.32. The lowest BCUT2D eigenvalue weighted by Crippen LogP contribution is -2.05. The molecule has 1 rings (SSSR count). The maximum absolute atomic E-state index is 10.7. The number of nitrogens with one attached hydrogen (secondary N) is 1. The molecule has 1 N–H and O–H groups in total. The molecule has 92 valence electrons. The van der Waals surface area contributed by atoms with Gasteiger partial charge in [0.2, 0.25) is 0 Å². The van der Waals surface area contributed by atoms with Gasteiger partial charge in [0.1, 0.15) is 12.0 Å². The third-order valence-corrected chi connectivity index (χ3v) is 3.24. The molecular weight excluding hydrogens is 286 g/mol. The Morgan fingerprint density at radius 2 is 2.35 bits per heavy atom. The molecule has 0 fully saturated rings. The van der Waals surface area contributed by atoms with E-state index in [2.05, 4.69) is 26.2 Å². The van der Waals surface area contributed by atoms with Crippen LogP contribution in [0.2, 0.25) is 0 Å². The van der Waals surface area contributed by atoms with Gasteiger partial charge in [0, 0.05) is 12.1 Å². The van der Waals surface area contributed by atoms with Gasteiger partial charge in [0.15, 0.2) is 0 Å². The molecule has 0 saturated carbocycles. The van der Waals surface area contributed by atoms with Crippen LogP contribution in [-0.4, -0.2) is 16.5 Å². The molecule has 17 heavy (non-hydrogen) atoms. The summed E-state index contributed by atoms with van der Waals surface area (Å²) in [5, 5.41) is 13.8. The molecule has 5 nitrogen and oxygen atoms in total. The number of hydrogen-bond donors (Lipinski definition) is 1. The highest BCUT2D eigenvalue weighted by Crippen LogP contribution is 2.30. The van der Waals surface area contributed by atoms with Crippen molar-refractivity contribution < 1.29 is 4.92 Å². The number of anilines is 1. The van der Waals surface area contributed by atoms with Gasteiger partial charge in [-0.05, 0) is 36.2 Å². The third-order valence-electron chi connectivity index (χ3n) is 2.27. The Balaban J connectivity index is 2.82. The number of nitro groups is 1. The molecule has 0 aliphatic rings. The summed E-state index contributed by atoms with van der Waals surface area (Å²) in [6, 6.07) is 0. The number of aromatic nitrogens is 1. The Hall–Kier alpha value is -1.43. The van der Waals surface area contributed by atoms with E-state index >= 15 is 0 Å². The van der Waals surface area contributed by atoms with Gasteiger partial charge < -0.3 is 5.32 Å². The molecular formula is C11H14BrN3O2. The van der Waals surface area contributed by atoms with E-state index in [1.807, 2.05) is 19.1 Å². The smallest absolute Gasteiger partial charge is 0.291 e. The van der Waals surface area contributed by atoms with Gasteiger partial charge in [0.05, 0.1) is 9.40 Å². The Kier molecular flexibility index (Phi) is 5.09. The largest absolute Gasteiger partial charge is 0.369 e. The molecule has 0 saturated heterocycles. The topological polar surface area (TPSA) is 68.1 Å². The maximum Gasteiger partial charge on any atom is 0.291 e. The van der Waals surface area contributed by atoms with Crippen LogP contribution in [0.1, 0.15) is 18.9 Å². The van der Waals surface area contributed by atoms with Gasteiger partial charge in [-0.15, -0.1) is 0 Å². The van der Waals surface area contributed by atoms with Crippen LogP contribution in [0.5, 0.6) is 0 Å². The average molecular weight is 300 g/mol. The lowest BCUT2D eigenvalue weighted by Gasteiger charge is -2.08. The second-order valence-corrected chi connectivity index (χ2v) is 4.27. The fourth-order valence-corrected chi connectivity index (χ4v) is 1.76. The number of pyridine rings is 1. The van der Waals surface area contributed by atoms with Crippen LogP contribution in [0.25, 0.3) is 0 Å². The van der Waals surface area contributed by atoms with E-state index in [9.17, 15) is 10.1 Å². The van der Waals surface area contributed by atoms with Gasteiger partial charge in [-0.25, -0.2) is 4.98 Å². The van der Waals surface area contributed by atoms with Crippen LogP contribution in [-0.2, 0) is 0 Å². The van der Waals surface area contributed by atoms with Gasteiger partial charge in [-0.3, -0.25) is 10.1 Å². The monoisotopic (exact) mass is 299 g/mol. The van der Waals surface area contributed by atoms with Crippen molar-refractivity contribution in [3.05, 3.63) is 38.5 Å². The zero-order valence-corrected chi connectivity index (χ0v) is 11.3. The summed E-state index contributed by atoms with van der Waals surface area (Å²) >= 11 is 3.32. The molecule has 0 radical (unpaired) electrons. The molecule has 0 unspecified atom stereocenters. The normalized spacial score (nSPS) is 10.8. The number of rotatable bonds is 5. The predicted molar refractivity (Wildman–Crippen MR) is 71.2 cm³/mol. The Morgan fingerprint density at radius 3 is 2.94 bits per heavy atom. The minimum absolute atomic E-state index is 0.0240. The zero-order chi connectivity index (χ0) is 12.8. The fraction of sp³-hybridized carbons (Fsp3) is 0.364. The molecule has 0 atom stereocenters. The Bertz CT molecular complexity index is 447. The van der Waals surface area contributed by atoms with Gasteiger partial charge in [-0.2, -0.15) is 0 Å². The van der Waals surface area contributed by atoms with Crippen molar-refractivity contribution in [2.24, 2.45) is 0 Å². The van der Waals surface area contributed by atoms with E-state index in [0.717, 1.165) is 13.0 Å². The standard InChI is InChI=1S/C11H14BrN3O2/c1-3-4-5-6-13-11-10(12)8(2)9(7-14-11)15(16)17/h3-4,7H,5-6H2,1-2H3,(H,13,14)/b4-3+. The summed E-state index contributed by atoms with van der Waals surface area (Å²) in [7, 11) is 0. The molecule has 0 spiro atoms. The SMILES string of the molecule is C/C=C/CCNc1ncc([N+](=O)[O-])c(C)c1Br. The Morgan fingerprint density at radius 1 is 1.65 bits per heavy atom. The van der Waals surface area contributed by atoms with Gasteiger partial charge >= 0.3 is 0 Å². The Labute approximate surface area is 108 Å². The second-order valence-electron chi connectivity index (χ2n) is 3.47. The molecule has 1 heterocycles. The van der Waals surface area contributed by atoms with E-state index in [0.29, 0.717) is 15.9 Å². The van der Waals surface area contributed by atoms with Crippen LogP contribution in [0.15, 0.2) is 22.8 Å². The van der Waals surface area contributed by atoms with Crippen LogP contribution in [0.4, 0.5) is 11.5 Å². The summed E-state index contributed by atoms with van der Waals surface area (Å²) in [5.41, 5.74) is 0.606.